The Morgan fingerprint density at radius 2 is 1.62 bits per heavy atom. The first kappa shape index (κ1) is 19.5. The van der Waals surface area contributed by atoms with Gasteiger partial charge in [-0.3, -0.25) is 4.79 Å². The fraction of sp³-hybridized carbons (Fsp3) is 0.333. The van der Waals surface area contributed by atoms with Crippen molar-refractivity contribution in [2.24, 2.45) is 0 Å². The van der Waals surface area contributed by atoms with Crippen LogP contribution in [0.15, 0.2) is 54.6 Å². The normalized spacial score (nSPS) is 10.9. The van der Waals surface area contributed by atoms with Crippen LogP contribution in [-0.4, -0.2) is 29.0 Å². The van der Waals surface area contributed by atoms with Crippen LogP contribution >= 0.6 is 0 Å². The summed E-state index contributed by atoms with van der Waals surface area (Å²) in [6.45, 7) is 8.29. The van der Waals surface area contributed by atoms with Gasteiger partial charge in [0.2, 0.25) is 0 Å². The van der Waals surface area contributed by atoms with Gasteiger partial charge in [0, 0.05) is 17.8 Å². The van der Waals surface area contributed by atoms with E-state index >= 15 is 0 Å². The fourth-order valence-corrected chi connectivity index (χ4v) is 2.40. The molecule has 0 aliphatic rings. The highest BCUT2D eigenvalue weighted by molar-refractivity contribution is 6.04. The lowest BCUT2D eigenvalue weighted by Gasteiger charge is -2.27. The second kappa shape index (κ2) is 8.52. The van der Waals surface area contributed by atoms with Gasteiger partial charge in [-0.2, -0.15) is 0 Å². The van der Waals surface area contributed by atoms with Crippen molar-refractivity contribution in [1.82, 2.24) is 4.90 Å². The van der Waals surface area contributed by atoms with Gasteiger partial charge in [-0.15, -0.1) is 0 Å². The molecule has 2 aromatic rings. The molecular formula is C21H26N2O3. The topological polar surface area (TPSA) is 58.6 Å². The molecule has 0 bridgehead atoms. The van der Waals surface area contributed by atoms with Crippen LogP contribution in [0.25, 0.3) is 0 Å². The minimum Gasteiger partial charge on any atom is -0.444 e. The molecule has 138 valence electrons. The minimum absolute atomic E-state index is 0.182. The third-order valence-electron chi connectivity index (χ3n) is 3.70. The van der Waals surface area contributed by atoms with E-state index in [0.717, 1.165) is 5.56 Å². The van der Waals surface area contributed by atoms with Crippen molar-refractivity contribution >= 4 is 17.7 Å². The molecule has 5 heteroatoms. The molecule has 0 atom stereocenters. The molecule has 0 heterocycles. The summed E-state index contributed by atoms with van der Waals surface area (Å²) in [5.41, 5.74) is 1.57. The predicted octanol–water partition coefficient (Wildman–Crippen LogP) is 4.70. The number of para-hydroxylation sites is 1. The third kappa shape index (κ3) is 5.62. The summed E-state index contributed by atoms with van der Waals surface area (Å²) in [5.74, 6) is -0.182. The van der Waals surface area contributed by atoms with Crippen molar-refractivity contribution in [2.75, 3.05) is 11.9 Å². The van der Waals surface area contributed by atoms with E-state index in [1.807, 2.05) is 70.2 Å². The molecule has 0 saturated carbocycles. The molecule has 0 unspecified atom stereocenters. The van der Waals surface area contributed by atoms with E-state index in [1.165, 1.54) is 0 Å². The zero-order valence-corrected chi connectivity index (χ0v) is 15.8. The number of hydrogen-bond donors (Lipinski definition) is 1. The Bertz CT molecular complexity index is 751. The van der Waals surface area contributed by atoms with E-state index in [-0.39, 0.29) is 12.0 Å². The van der Waals surface area contributed by atoms with Crippen LogP contribution in [0.1, 0.15) is 43.6 Å². The van der Waals surface area contributed by atoms with Gasteiger partial charge in [-0.1, -0.05) is 36.4 Å². The van der Waals surface area contributed by atoms with Crippen LogP contribution in [0.2, 0.25) is 0 Å². The van der Waals surface area contributed by atoms with Gasteiger partial charge in [0.1, 0.15) is 5.60 Å². The van der Waals surface area contributed by atoms with E-state index in [9.17, 15) is 9.59 Å². The molecule has 0 aliphatic carbocycles. The van der Waals surface area contributed by atoms with Crippen LogP contribution in [0, 0.1) is 0 Å². The SMILES string of the molecule is CCN(Cc1ccccc1NC(=O)c1ccccc1)C(=O)OC(C)(C)C. The molecule has 0 saturated heterocycles. The number of carbonyl (C=O) groups excluding carboxylic acids is 2. The summed E-state index contributed by atoms with van der Waals surface area (Å²) in [6, 6.07) is 16.5. The second-order valence-corrected chi connectivity index (χ2v) is 6.97. The monoisotopic (exact) mass is 354 g/mol. The summed E-state index contributed by atoms with van der Waals surface area (Å²) in [5, 5.41) is 2.93. The Balaban J connectivity index is 2.15. The van der Waals surface area contributed by atoms with E-state index in [0.29, 0.717) is 24.3 Å². The average molecular weight is 354 g/mol. The number of nitrogens with zero attached hydrogens (tertiary/aromatic N) is 1. The first-order chi connectivity index (χ1) is 12.3. The molecule has 0 fully saturated rings. The molecule has 5 nitrogen and oxygen atoms in total. The highest BCUT2D eigenvalue weighted by atomic mass is 16.6. The van der Waals surface area contributed by atoms with Crippen molar-refractivity contribution in [3.63, 3.8) is 0 Å². The lowest BCUT2D eigenvalue weighted by atomic mass is 10.1. The number of anilines is 1. The number of nitrogens with one attached hydrogen (secondary N) is 1. The average Bonchev–Trinajstić information content (AvgIpc) is 2.60. The largest absolute Gasteiger partial charge is 0.444 e. The molecule has 2 aromatic carbocycles. The first-order valence-electron chi connectivity index (χ1n) is 8.72. The lowest BCUT2D eigenvalue weighted by Crippen LogP contribution is -2.36. The van der Waals surface area contributed by atoms with Gasteiger partial charge in [0.05, 0.1) is 6.54 Å². The van der Waals surface area contributed by atoms with Crippen LogP contribution in [0.4, 0.5) is 10.5 Å². The zero-order valence-electron chi connectivity index (χ0n) is 15.8. The van der Waals surface area contributed by atoms with Crippen molar-refractivity contribution < 1.29 is 14.3 Å². The maximum atomic E-state index is 12.4. The molecule has 0 spiro atoms. The molecule has 1 N–H and O–H groups in total. The van der Waals surface area contributed by atoms with Gasteiger partial charge in [0.15, 0.2) is 0 Å². The summed E-state index contributed by atoms with van der Waals surface area (Å²) >= 11 is 0. The van der Waals surface area contributed by atoms with E-state index in [4.69, 9.17) is 4.74 Å². The molecule has 0 aromatic heterocycles. The number of benzene rings is 2. The van der Waals surface area contributed by atoms with Gasteiger partial charge in [0.25, 0.3) is 5.91 Å². The molecule has 26 heavy (non-hydrogen) atoms. The zero-order chi connectivity index (χ0) is 19.2. The van der Waals surface area contributed by atoms with Crippen LogP contribution < -0.4 is 5.32 Å². The Labute approximate surface area is 155 Å². The van der Waals surface area contributed by atoms with Crippen molar-refractivity contribution in [1.29, 1.82) is 0 Å². The number of carbonyl (C=O) groups is 2. The van der Waals surface area contributed by atoms with Crippen molar-refractivity contribution in [3.8, 4) is 0 Å². The molecule has 0 aliphatic heterocycles. The van der Waals surface area contributed by atoms with Crippen LogP contribution in [0.5, 0.6) is 0 Å². The Hall–Kier alpha value is -2.82. The number of ether oxygens (including phenoxy) is 1. The quantitative estimate of drug-likeness (QED) is 0.847. The number of amides is 2. The minimum atomic E-state index is -0.550. The summed E-state index contributed by atoms with van der Waals surface area (Å²) in [6.07, 6.45) is -0.371. The number of rotatable bonds is 5. The van der Waals surface area contributed by atoms with Gasteiger partial charge >= 0.3 is 6.09 Å². The van der Waals surface area contributed by atoms with Crippen LogP contribution in [-0.2, 0) is 11.3 Å². The maximum Gasteiger partial charge on any atom is 0.410 e. The van der Waals surface area contributed by atoms with Gasteiger partial charge < -0.3 is 15.0 Å². The summed E-state index contributed by atoms with van der Waals surface area (Å²) in [7, 11) is 0. The van der Waals surface area contributed by atoms with E-state index in [1.54, 1.807) is 17.0 Å². The van der Waals surface area contributed by atoms with E-state index < -0.39 is 5.60 Å². The molecule has 2 amide bonds. The third-order valence-corrected chi connectivity index (χ3v) is 3.70. The van der Waals surface area contributed by atoms with Gasteiger partial charge in [-0.05, 0) is 51.5 Å². The first-order valence-corrected chi connectivity index (χ1v) is 8.72. The molecular weight excluding hydrogens is 328 g/mol. The van der Waals surface area contributed by atoms with Crippen molar-refractivity contribution in [3.05, 3.63) is 65.7 Å². The van der Waals surface area contributed by atoms with Gasteiger partial charge in [-0.25, -0.2) is 4.79 Å². The highest BCUT2D eigenvalue weighted by Gasteiger charge is 2.22. The highest BCUT2D eigenvalue weighted by Crippen LogP contribution is 2.20. The summed E-state index contributed by atoms with van der Waals surface area (Å²) < 4.78 is 5.45. The second-order valence-electron chi connectivity index (χ2n) is 6.97. The summed E-state index contributed by atoms with van der Waals surface area (Å²) in [4.78, 5) is 26.4. The number of hydrogen-bond acceptors (Lipinski definition) is 3. The molecule has 2 rings (SSSR count). The smallest absolute Gasteiger partial charge is 0.410 e. The van der Waals surface area contributed by atoms with Crippen molar-refractivity contribution in [2.45, 2.75) is 39.8 Å². The fourth-order valence-electron chi connectivity index (χ4n) is 2.40. The molecule has 0 radical (unpaired) electrons. The Morgan fingerprint density at radius 1 is 1.00 bits per heavy atom. The predicted molar refractivity (Wildman–Crippen MR) is 103 cm³/mol. The standard InChI is InChI=1S/C21H26N2O3/c1-5-23(20(25)26-21(2,3)4)15-17-13-9-10-14-18(17)22-19(24)16-11-7-6-8-12-16/h6-14H,5,15H2,1-4H3,(H,22,24). The van der Waals surface area contributed by atoms with E-state index in [2.05, 4.69) is 5.32 Å². The lowest BCUT2D eigenvalue weighted by molar-refractivity contribution is 0.0245. The Kier molecular flexibility index (Phi) is 6.39. The Morgan fingerprint density at radius 3 is 2.23 bits per heavy atom. The van der Waals surface area contributed by atoms with Crippen LogP contribution in [0.3, 0.4) is 0 Å². The maximum absolute atomic E-state index is 12.4.